The molecule has 2 aromatic rings. The van der Waals surface area contributed by atoms with Gasteiger partial charge in [-0.15, -0.1) is 0 Å². The van der Waals surface area contributed by atoms with Gasteiger partial charge in [-0.3, -0.25) is 0 Å². The third-order valence-corrected chi connectivity index (χ3v) is 4.75. The summed E-state index contributed by atoms with van der Waals surface area (Å²) >= 11 is 0. The molecule has 94 valence electrons. The van der Waals surface area contributed by atoms with E-state index in [1.54, 1.807) is 5.56 Å². The highest BCUT2D eigenvalue weighted by atomic mass is 15.0. The molecule has 18 heavy (non-hydrogen) atoms. The lowest BCUT2D eigenvalue weighted by Gasteiger charge is -2.36. The Morgan fingerprint density at radius 2 is 2.06 bits per heavy atom. The quantitative estimate of drug-likeness (QED) is 0.723. The first-order valence-corrected chi connectivity index (χ1v) is 7.17. The number of benzene rings is 1. The van der Waals surface area contributed by atoms with E-state index in [4.69, 9.17) is 0 Å². The summed E-state index contributed by atoms with van der Waals surface area (Å²) in [4.78, 5) is 3.61. The van der Waals surface area contributed by atoms with Gasteiger partial charge in [0.2, 0.25) is 0 Å². The summed E-state index contributed by atoms with van der Waals surface area (Å²) < 4.78 is 0. The Kier molecular flexibility index (Phi) is 2.28. The number of H-pyrrole nitrogens is 1. The van der Waals surface area contributed by atoms with Crippen LogP contribution in [0.4, 0.5) is 0 Å². The van der Waals surface area contributed by atoms with Crippen molar-refractivity contribution >= 4 is 10.9 Å². The van der Waals surface area contributed by atoms with Crippen molar-refractivity contribution in [3.8, 4) is 0 Å². The lowest BCUT2D eigenvalue weighted by molar-refractivity contribution is 0.308. The predicted molar refractivity (Wildman–Crippen MR) is 74.9 cm³/mol. The normalized spacial score (nSPS) is 26.9. The Bertz CT molecular complexity index is 596. The fourth-order valence-corrected chi connectivity index (χ4v) is 3.90. The largest absolute Gasteiger partial charge is 0.357 e. The van der Waals surface area contributed by atoms with Crippen LogP contribution in [0.15, 0.2) is 18.2 Å². The van der Waals surface area contributed by atoms with Crippen molar-refractivity contribution in [3.05, 3.63) is 35.0 Å². The molecule has 0 radical (unpaired) electrons. The number of rotatable bonds is 0. The number of aromatic amines is 1. The van der Waals surface area contributed by atoms with Gasteiger partial charge in [0, 0.05) is 35.1 Å². The summed E-state index contributed by atoms with van der Waals surface area (Å²) in [5.74, 6) is 0.734. The molecular formula is C16H20N2. The third-order valence-electron chi connectivity index (χ3n) is 4.75. The van der Waals surface area contributed by atoms with Crippen molar-refractivity contribution in [2.45, 2.75) is 51.1 Å². The molecule has 1 aromatic carbocycles. The van der Waals surface area contributed by atoms with E-state index < -0.39 is 0 Å². The van der Waals surface area contributed by atoms with Gasteiger partial charge in [-0.25, -0.2) is 0 Å². The Balaban J connectivity index is 1.93. The van der Waals surface area contributed by atoms with Crippen LogP contribution in [0, 0.1) is 6.92 Å². The maximum absolute atomic E-state index is 3.72. The van der Waals surface area contributed by atoms with Crippen LogP contribution in [0.3, 0.4) is 0 Å². The molecule has 2 aliphatic rings. The third kappa shape index (κ3) is 1.45. The minimum Gasteiger partial charge on any atom is -0.357 e. The summed E-state index contributed by atoms with van der Waals surface area (Å²) in [6.07, 6.45) is 5.49. The van der Waals surface area contributed by atoms with Crippen molar-refractivity contribution in [2.75, 3.05) is 0 Å². The first-order valence-electron chi connectivity index (χ1n) is 7.17. The molecule has 0 bridgehead atoms. The Labute approximate surface area is 108 Å². The Morgan fingerprint density at radius 3 is 3.00 bits per heavy atom. The molecule has 0 amide bonds. The van der Waals surface area contributed by atoms with E-state index >= 15 is 0 Å². The van der Waals surface area contributed by atoms with E-state index in [0.717, 1.165) is 12.5 Å². The Morgan fingerprint density at radius 1 is 1.17 bits per heavy atom. The van der Waals surface area contributed by atoms with Crippen LogP contribution in [0.1, 0.15) is 48.4 Å². The van der Waals surface area contributed by atoms with Crippen LogP contribution >= 0.6 is 0 Å². The number of fused-ring (bicyclic) bond motifs is 5. The number of hydrogen-bond acceptors (Lipinski definition) is 1. The molecule has 2 nitrogen and oxygen atoms in total. The number of aryl methyl sites for hydroxylation is 1. The zero-order chi connectivity index (χ0) is 12.1. The Hall–Kier alpha value is -1.28. The topological polar surface area (TPSA) is 27.8 Å². The van der Waals surface area contributed by atoms with Crippen LogP contribution in [0.2, 0.25) is 0 Å². The summed E-state index contributed by atoms with van der Waals surface area (Å²) in [7, 11) is 0. The second-order valence-electron chi connectivity index (χ2n) is 5.94. The molecule has 1 aliphatic heterocycles. The number of hydrogen-bond donors (Lipinski definition) is 2. The summed E-state index contributed by atoms with van der Waals surface area (Å²) in [6, 6.07) is 7.52. The van der Waals surface area contributed by atoms with Gasteiger partial charge >= 0.3 is 0 Å². The van der Waals surface area contributed by atoms with Crippen molar-refractivity contribution in [1.82, 2.24) is 10.3 Å². The van der Waals surface area contributed by atoms with Crippen LogP contribution in [-0.4, -0.2) is 11.0 Å². The highest BCUT2D eigenvalue weighted by Gasteiger charge is 2.33. The SMILES string of the molecule is Cc1ccc2[nH]c3c(c2c1)[C@@H]1CCCC[C@H]1NC3. The first-order chi connectivity index (χ1) is 8.83. The highest BCUT2D eigenvalue weighted by Crippen LogP contribution is 2.41. The molecule has 1 aromatic heterocycles. The molecule has 4 rings (SSSR count). The van der Waals surface area contributed by atoms with Gasteiger partial charge in [0.05, 0.1) is 0 Å². The van der Waals surface area contributed by atoms with E-state index in [0.29, 0.717) is 6.04 Å². The van der Waals surface area contributed by atoms with Gasteiger partial charge in [0.15, 0.2) is 0 Å². The number of aromatic nitrogens is 1. The minimum absolute atomic E-state index is 0.714. The lowest BCUT2D eigenvalue weighted by atomic mass is 9.77. The van der Waals surface area contributed by atoms with Gasteiger partial charge in [-0.05, 0) is 37.5 Å². The summed E-state index contributed by atoms with van der Waals surface area (Å²) in [5, 5.41) is 5.20. The van der Waals surface area contributed by atoms with Crippen molar-refractivity contribution in [2.24, 2.45) is 0 Å². The van der Waals surface area contributed by atoms with E-state index in [1.807, 2.05) is 0 Å². The molecule has 1 saturated carbocycles. The van der Waals surface area contributed by atoms with Crippen LogP contribution < -0.4 is 5.32 Å². The average Bonchev–Trinajstić information content (AvgIpc) is 2.77. The van der Waals surface area contributed by atoms with Gasteiger partial charge in [0.1, 0.15) is 0 Å². The maximum Gasteiger partial charge on any atom is 0.0459 e. The standard InChI is InChI=1S/C16H20N2/c1-10-6-7-14-12(8-10)16-11-4-2-3-5-13(11)17-9-15(16)18-14/h6-8,11,13,17-18H,2-5,9H2,1H3/t11-,13-/m1/s1. The molecule has 2 atom stereocenters. The first kappa shape index (κ1) is 10.6. The summed E-state index contributed by atoms with van der Waals surface area (Å²) in [5.41, 5.74) is 5.74. The van der Waals surface area contributed by atoms with Gasteiger partial charge in [0.25, 0.3) is 0 Å². The minimum atomic E-state index is 0.714. The zero-order valence-electron chi connectivity index (χ0n) is 10.9. The van der Waals surface area contributed by atoms with Gasteiger partial charge in [-0.2, -0.15) is 0 Å². The molecule has 0 saturated heterocycles. The van der Waals surface area contributed by atoms with Crippen LogP contribution in [-0.2, 0) is 6.54 Å². The molecular weight excluding hydrogens is 220 g/mol. The second kappa shape index (κ2) is 3.86. The fourth-order valence-electron chi connectivity index (χ4n) is 3.90. The zero-order valence-corrected chi connectivity index (χ0v) is 10.9. The fraction of sp³-hybridized carbons (Fsp3) is 0.500. The lowest BCUT2D eigenvalue weighted by Crippen LogP contribution is -2.40. The number of nitrogens with one attached hydrogen (secondary N) is 2. The molecule has 0 unspecified atom stereocenters. The van der Waals surface area contributed by atoms with E-state index in [2.05, 4.69) is 35.4 Å². The highest BCUT2D eigenvalue weighted by molar-refractivity contribution is 5.86. The molecule has 1 aliphatic carbocycles. The maximum atomic E-state index is 3.72. The average molecular weight is 240 g/mol. The van der Waals surface area contributed by atoms with Crippen molar-refractivity contribution < 1.29 is 0 Å². The predicted octanol–water partition coefficient (Wildman–Crippen LogP) is 3.61. The van der Waals surface area contributed by atoms with E-state index in [1.165, 1.54) is 47.8 Å². The van der Waals surface area contributed by atoms with Crippen molar-refractivity contribution in [3.63, 3.8) is 0 Å². The van der Waals surface area contributed by atoms with E-state index in [9.17, 15) is 0 Å². The molecule has 2 N–H and O–H groups in total. The molecule has 2 heterocycles. The molecule has 2 heteroatoms. The smallest absolute Gasteiger partial charge is 0.0459 e. The van der Waals surface area contributed by atoms with E-state index in [-0.39, 0.29) is 0 Å². The second-order valence-corrected chi connectivity index (χ2v) is 5.94. The van der Waals surface area contributed by atoms with Gasteiger partial charge in [-0.1, -0.05) is 24.5 Å². The van der Waals surface area contributed by atoms with Crippen LogP contribution in [0.25, 0.3) is 10.9 Å². The van der Waals surface area contributed by atoms with Crippen molar-refractivity contribution in [1.29, 1.82) is 0 Å². The molecule has 0 spiro atoms. The van der Waals surface area contributed by atoms with Crippen LogP contribution in [0.5, 0.6) is 0 Å². The monoisotopic (exact) mass is 240 g/mol. The van der Waals surface area contributed by atoms with Gasteiger partial charge < -0.3 is 10.3 Å². The summed E-state index contributed by atoms with van der Waals surface area (Å²) in [6.45, 7) is 3.21. The molecule has 1 fully saturated rings.